The minimum atomic E-state index is -1.14. The standard InChI is InChI=1S/C17H24N3O3/c1-23-14-7-5-13(6-8-14)19-11-12-20-16(22)17(15(18)21)9-3-2-4-10-17/h5-9,19H,2-4,10-12H2,1H3,(H2,18,21)(H,20,22). The summed E-state index contributed by atoms with van der Waals surface area (Å²) in [7, 11) is 1.62. The van der Waals surface area contributed by atoms with Crippen LogP contribution in [0.25, 0.3) is 0 Å². The van der Waals surface area contributed by atoms with E-state index in [0.29, 0.717) is 19.5 Å². The maximum Gasteiger partial charge on any atom is 0.236 e. The number of anilines is 1. The van der Waals surface area contributed by atoms with Gasteiger partial charge < -0.3 is 21.1 Å². The number of nitrogens with one attached hydrogen (secondary N) is 2. The summed E-state index contributed by atoms with van der Waals surface area (Å²) in [6, 6.07) is 7.53. The molecular formula is C17H24N3O3. The van der Waals surface area contributed by atoms with Gasteiger partial charge in [0, 0.05) is 18.8 Å². The molecule has 0 spiro atoms. The topological polar surface area (TPSA) is 93.4 Å². The molecule has 1 aromatic rings. The third-order valence-electron chi connectivity index (χ3n) is 4.19. The molecule has 0 bridgehead atoms. The molecule has 1 unspecified atom stereocenters. The number of carbonyl (C=O) groups excluding carboxylic acids is 2. The van der Waals surface area contributed by atoms with Crippen LogP contribution in [0.5, 0.6) is 5.75 Å². The molecule has 2 rings (SSSR count). The summed E-state index contributed by atoms with van der Waals surface area (Å²) in [4.78, 5) is 24.1. The predicted octanol–water partition coefficient (Wildman–Crippen LogP) is 1.47. The Morgan fingerprint density at radius 1 is 1.22 bits per heavy atom. The van der Waals surface area contributed by atoms with Gasteiger partial charge >= 0.3 is 0 Å². The first-order chi connectivity index (χ1) is 11.1. The molecule has 1 aromatic carbocycles. The van der Waals surface area contributed by atoms with Crippen molar-refractivity contribution in [3.05, 3.63) is 30.7 Å². The van der Waals surface area contributed by atoms with E-state index in [1.54, 1.807) is 13.5 Å². The second-order valence-corrected chi connectivity index (χ2v) is 5.70. The van der Waals surface area contributed by atoms with Gasteiger partial charge in [0.2, 0.25) is 11.8 Å². The Labute approximate surface area is 136 Å². The zero-order chi connectivity index (χ0) is 16.7. The van der Waals surface area contributed by atoms with Gasteiger partial charge in [0.25, 0.3) is 0 Å². The SMILES string of the molecule is COc1ccc(NCCNC(=O)C2(C(N)=O)[CH]CCCC2)cc1. The van der Waals surface area contributed by atoms with Crippen molar-refractivity contribution in [2.45, 2.75) is 25.7 Å². The van der Waals surface area contributed by atoms with E-state index in [-0.39, 0.29) is 5.91 Å². The molecule has 1 saturated carbocycles. The molecule has 0 heterocycles. The van der Waals surface area contributed by atoms with Crippen LogP contribution >= 0.6 is 0 Å². The highest BCUT2D eigenvalue weighted by Gasteiger charge is 2.44. The Morgan fingerprint density at radius 2 is 1.96 bits per heavy atom. The fourth-order valence-electron chi connectivity index (χ4n) is 2.79. The van der Waals surface area contributed by atoms with E-state index in [2.05, 4.69) is 10.6 Å². The van der Waals surface area contributed by atoms with Crippen molar-refractivity contribution >= 4 is 17.5 Å². The van der Waals surface area contributed by atoms with E-state index in [1.165, 1.54) is 0 Å². The molecule has 1 fully saturated rings. The fourth-order valence-corrected chi connectivity index (χ4v) is 2.79. The molecule has 125 valence electrons. The van der Waals surface area contributed by atoms with E-state index in [0.717, 1.165) is 30.7 Å². The van der Waals surface area contributed by atoms with Gasteiger partial charge in [-0.05, 0) is 43.5 Å². The second kappa shape index (κ2) is 7.85. The summed E-state index contributed by atoms with van der Waals surface area (Å²) in [5.41, 5.74) is 5.27. The first kappa shape index (κ1) is 17.1. The first-order valence-electron chi connectivity index (χ1n) is 7.89. The summed E-state index contributed by atoms with van der Waals surface area (Å²) in [5.74, 6) is -0.0564. The number of hydrogen-bond acceptors (Lipinski definition) is 4. The van der Waals surface area contributed by atoms with Crippen LogP contribution in [0.4, 0.5) is 5.69 Å². The number of nitrogens with two attached hydrogens (primary N) is 1. The van der Waals surface area contributed by atoms with Gasteiger partial charge in [0.15, 0.2) is 0 Å². The summed E-state index contributed by atoms with van der Waals surface area (Å²) >= 11 is 0. The van der Waals surface area contributed by atoms with Crippen molar-refractivity contribution in [3.8, 4) is 5.75 Å². The van der Waals surface area contributed by atoms with E-state index in [1.807, 2.05) is 24.3 Å². The lowest BCUT2D eigenvalue weighted by atomic mass is 9.72. The number of amides is 2. The van der Waals surface area contributed by atoms with Crippen molar-refractivity contribution in [2.75, 3.05) is 25.5 Å². The number of ether oxygens (including phenoxy) is 1. The molecule has 0 saturated heterocycles. The summed E-state index contributed by atoms with van der Waals surface area (Å²) in [5, 5.41) is 6.01. The average molecular weight is 318 g/mol. The van der Waals surface area contributed by atoms with Gasteiger partial charge in [-0.1, -0.05) is 12.8 Å². The maximum absolute atomic E-state index is 12.4. The van der Waals surface area contributed by atoms with Crippen LogP contribution < -0.4 is 21.1 Å². The predicted molar refractivity (Wildman–Crippen MR) is 88.9 cm³/mol. The van der Waals surface area contributed by atoms with Crippen molar-refractivity contribution in [1.29, 1.82) is 0 Å². The Balaban J connectivity index is 1.80. The molecule has 1 aliphatic rings. The fraction of sp³-hybridized carbons (Fsp3) is 0.471. The Kier molecular flexibility index (Phi) is 5.84. The van der Waals surface area contributed by atoms with Gasteiger partial charge in [-0.3, -0.25) is 9.59 Å². The average Bonchev–Trinajstić information content (AvgIpc) is 2.59. The van der Waals surface area contributed by atoms with Crippen molar-refractivity contribution in [2.24, 2.45) is 11.1 Å². The van der Waals surface area contributed by atoms with Gasteiger partial charge in [-0.25, -0.2) is 0 Å². The van der Waals surface area contributed by atoms with Crippen LogP contribution in [0.1, 0.15) is 25.7 Å². The minimum absolute atomic E-state index is 0.291. The number of hydrogen-bond donors (Lipinski definition) is 3. The van der Waals surface area contributed by atoms with Crippen LogP contribution in [-0.2, 0) is 9.59 Å². The Bertz CT molecular complexity index is 537. The third-order valence-corrected chi connectivity index (χ3v) is 4.19. The van der Waals surface area contributed by atoms with E-state index in [9.17, 15) is 9.59 Å². The number of primary amides is 1. The molecular weight excluding hydrogens is 294 g/mol. The third kappa shape index (κ3) is 4.15. The molecule has 1 atom stereocenters. The molecule has 2 amide bonds. The molecule has 0 aromatic heterocycles. The zero-order valence-corrected chi connectivity index (χ0v) is 13.4. The molecule has 23 heavy (non-hydrogen) atoms. The lowest BCUT2D eigenvalue weighted by Gasteiger charge is -2.32. The van der Waals surface area contributed by atoms with Crippen LogP contribution in [-0.4, -0.2) is 32.0 Å². The number of carbonyl (C=O) groups is 2. The van der Waals surface area contributed by atoms with E-state index >= 15 is 0 Å². The van der Waals surface area contributed by atoms with Gasteiger partial charge in [0.1, 0.15) is 11.2 Å². The molecule has 6 heteroatoms. The maximum atomic E-state index is 12.4. The first-order valence-corrected chi connectivity index (χ1v) is 7.89. The highest BCUT2D eigenvalue weighted by molar-refractivity contribution is 6.06. The molecule has 1 aliphatic carbocycles. The smallest absolute Gasteiger partial charge is 0.236 e. The van der Waals surface area contributed by atoms with Crippen molar-refractivity contribution in [1.82, 2.24) is 5.32 Å². The Hall–Kier alpha value is -2.24. The molecule has 0 aliphatic heterocycles. The molecule has 4 N–H and O–H groups in total. The number of benzene rings is 1. The molecule has 1 radical (unpaired) electrons. The minimum Gasteiger partial charge on any atom is -0.497 e. The van der Waals surface area contributed by atoms with Crippen LogP contribution in [0.15, 0.2) is 24.3 Å². The quantitative estimate of drug-likeness (QED) is 0.524. The van der Waals surface area contributed by atoms with Crippen molar-refractivity contribution in [3.63, 3.8) is 0 Å². The lowest BCUT2D eigenvalue weighted by Crippen LogP contribution is -2.51. The van der Waals surface area contributed by atoms with Gasteiger partial charge in [-0.15, -0.1) is 0 Å². The van der Waals surface area contributed by atoms with Gasteiger partial charge in [-0.2, -0.15) is 0 Å². The number of methoxy groups -OCH3 is 1. The number of rotatable bonds is 7. The monoisotopic (exact) mass is 318 g/mol. The highest BCUT2D eigenvalue weighted by Crippen LogP contribution is 2.35. The highest BCUT2D eigenvalue weighted by atomic mass is 16.5. The van der Waals surface area contributed by atoms with Crippen LogP contribution in [0.3, 0.4) is 0 Å². The lowest BCUT2D eigenvalue weighted by molar-refractivity contribution is -0.140. The normalized spacial score (nSPS) is 16.4. The summed E-state index contributed by atoms with van der Waals surface area (Å²) in [6.45, 7) is 0.987. The largest absolute Gasteiger partial charge is 0.497 e. The zero-order valence-electron chi connectivity index (χ0n) is 13.4. The van der Waals surface area contributed by atoms with E-state index < -0.39 is 11.3 Å². The van der Waals surface area contributed by atoms with Crippen LogP contribution in [0.2, 0.25) is 0 Å². The summed E-state index contributed by atoms with van der Waals surface area (Å²) in [6.07, 6.45) is 4.86. The molecule has 6 nitrogen and oxygen atoms in total. The summed E-state index contributed by atoms with van der Waals surface area (Å²) < 4.78 is 5.09. The van der Waals surface area contributed by atoms with Crippen LogP contribution in [0, 0.1) is 11.8 Å². The van der Waals surface area contributed by atoms with E-state index in [4.69, 9.17) is 10.5 Å². The van der Waals surface area contributed by atoms with Crippen molar-refractivity contribution < 1.29 is 14.3 Å². The Morgan fingerprint density at radius 3 is 2.52 bits per heavy atom. The van der Waals surface area contributed by atoms with Gasteiger partial charge in [0.05, 0.1) is 7.11 Å². The second-order valence-electron chi connectivity index (χ2n) is 5.70.